The lowest BCUT2D eigenvalue weighted by Crippen LogP contribution is -2.34. The summed E-state index contributed by atoms with van der Waals surface area (Å²) in [4.78, 5) is 15.5. The number of ether oxygens (including phenoxy) is 2. The lowest BCUT2D eigenvalue weighted by Gasteiger charge is -2.22. The zero-order valence-electron chi connectivity index (χ0n) is 14.2. The van der Waals surface area contributed by atoms with Crippen LogP contribution in [0.1, 0.15) is 4.88 Å². The van der Waals surface area contributed by atoms with E-state index in [0.29, 0.717) is 12.3 Å². The van der Waals surface area contributed by atoms with Crippen LogP contribution in [-0.4, -0.2) is 19.6 Å². The molecule has 1 aromatic heterocycles. The lowest BCUT2D eigenvalue weighted by atomic mass is 10.2. The molecule has 0 saturated heterocycles. The van der Waals surface area contributed by atoms with E-state index in [1.807, 2.05) is 41.8 Å². The Balaban J connectivity index is 1.74. The van der Waals surface area contributed by atoms with Crippen LogP contribution in [0.15, 0.2) is 66.0 Å². The minimum atomic E-state index is -0.346. The smallest absolute Gasteiger partial charge is 0.265 e. The van der Waals surface area contributed by atoms with Gasteiger partial charge in [0.2, 0.25) is 0 Å². The largest absolute Gasteiger partial charge is 0.497 e. The second kappa shape index (κ2) is 8.49. The molecule has 0 aliphatic heterocycles. The van der Waals surface area contributed by atoms with Crippen LogP contribution in [0.5, 0.6) is 11.5 Å². The monoisotopic (exact) mass is 371 g/mol. The van der Waals surface area contributed by atoms with E-state index in [1.165, 1.54) is 24.3 Å². The molecule has 0 radical (unpaired) electrons. The normalized spacial score (nSPS) is 10.4. The van der Waals surface area contributed by atoms with Crippen LogP contribution < -0.4 is 14.4 Å². The van der Waals surface area contributed by atoms with Gasteiger partial charge in [-0.1, -0.05) is 6.07 Å². The van der Waals surface area contributed by atoms with Gasteiger partial charge in [0.1, 0.15) is 17.3 Å². The van der Waals surface area contributed by atoms with Crippen LogP contribution in [0, 0.1) is 5.82 Å². The van der Waals surface area contributed by atoms with E-state index in [2.05, 4.69) is 0 Å². The molecule has 0 unspecified atom stereocenters. The Morgan fingerprint density at radius 3 is 2.35 bits per heavy atom. The zero-order valence-corrected chi connectivity index (χ0v) is 15.0. The molecule has 26 heavy (non-hydrogen) atoms. The summed E-state index contributed by atoms with van der Waals surface area (Å²) in [5.41, 5.74) is 0.756. The predicted octanol–water partition coefficient (Wildman–Crippen LogP) is 4.51. The summed E-state index contributed by atoms with van der Waals surface area (Å²) >= 11 is 1.59. The zero-order chi connectivity index (χ0) is 18.4. The maximum Gasteiger partial charge on any atom is 0.265 e. The summed E-state index contributed by atoms with van der Waals surface area (Å²) < 4.78 is 23.7. The molecular weight excluding hydrogens is 353 g/mol. The summed E-state index contributed by atoms with van der Waals surface area (Å²) in [5, 5.41) is 1.97. The third-order valence-electron chi connectivity index (χ3n) is 3.76. The molecule has 4 nitrogen and oxygen atoms in total. The van der Waals surface area contributed by atoms with Crippen LogP contribution in [0.4, 0.5) is 10.1 Å². The van der Waals surface area contributed by atoms with Crippen molar-refractivity contribution in [1.82, 2.24) is 0 Å². The van der Waals surface area contributed by atoms with Crippen molar-refractivity contribution in [2.75, 3.05) is 18.6 Å². The maximum atomic E-state index is 13.0. The first-order chi connectivity index (χ1) is 12.7. The predicted molar refractivity (Wildman–Crippen MR) is 100 cm³/mol. The molecule has 6 heteroatoms. The van der Waals surface area contributed by atoms with Gasteiger partial charge in [-0.15, -0.1) is 11.3 Å². The van der Waals surface area contributed by atoms with Crippen LogP contribution in [0.25, 0.3) is 0 Å². The molecule has 0 N–H and O–H groups in total. The van der Waals surface area contributed by atoms with Gasteiger partial charge in [0, 0.05) is 10.6 Å². The topological polar surface area (TPSA) is 38.8 Å². The molecule has 0 saturated carbocycles. The average Bonchev–Trinajstić information content (AvgIpc) is 3.19. The summed E-state index contributed by atoms with van der Waals surface area (Å²) in [6.07, 6.45) is 0. The Labute approximate surface area is 155 Å². The van der Waals surface area contributed by atoms with E-state index < -0.39 is 0 Å². The van der Waals surface area contributed by atoms with Crippen molar-refractivity contribution < 1.29 is 18.7 Å². The number of rotatable bonds is 7. The number of benzene rings is 2. The second-order valence-electron chi connectivity index (χ2n) is 5.50. The number of thiophene rings is 1. The van der Waals surface area contributed by atoms with E-state index in [4.69, 9.17) is 9.47 Å². The van der Waals surface area contributed by atoms with Gasteiger partial charge in [-0.3, -0.25) is 4.79 Å². The highest BCUT2D eigenvalue weighted by atomic mass is 32.1. The molecule has 3 aromatic rings. The number of nitrogens with zero attached hydrogens (tertiary/aromatic N) is 1. The van der Waals surface area contributed by atoms with Gasteiger partial charge in [-0.2, -0.15) is 0 Å². The van der Waals surface area contributed by atoms with Gasteiger partial charge in [0.15, 0.2) is 6.61 Å². The molecule has 1 amide bonds. The van der Waals surface area contributed by atoms with Gasteiger partial charge in [0.25, 0.3) is 5.91 Å². The molecular formula is C20H18FNO3S. The maximum absolute atomic E-state index is 13.0. The van der Waals surface area contributed by atoms with E-state index in [9.17, 15) is 9.18 Å². The van der Waals surface area contributed by atoms with Crippen LogP contribution in [-0.2, 0) is 11.3 Å². The summed E-state index contributed by atoms with van der Waals surface area (Å²) in [7, 11) is 1.60. The van der Waals surface area contributed by atoms with Crippen molar-refractivity contribution >= 4 is 22.9 Å². The van der Waals surface area contributed by atoms with Crippen LogP contribution in [0.2, 0.25) is 0 Å². The van der Waals surface area contributed by atoms with Crippen molar-refractivity contribution in [3.05, 3.63) is 76.7 Å². The van der Waals surface area contributed by atoms with Gasteiger partial charge < -0.3 is 14.4 Å². The average molecular weight is 371 g/mol. The summed E-state index contributed by atoms with van der Waals surface area (Å²) in [6.45, 7) is 0.318. The van der Waals surface area contributed by atoms with Crippen molar-refractivity contribution in [3.63, 3.8) is 0 Å². The molecule has 1 heterocycles. The van der Waals surface area contributed by atoms with Gasteiger partial charge >= 0.3 is 0 Å². The fourth-order valence-corrected chi connectivity index (χ4v) is 3.09. The van der Waals surface area contributed by atoms with E-state index in [-0.39, 0.29) is 18.3 Å². The Hall–Kier alpha value is -2.86. The van der Waals surface area contributed by atoms with E-state index in [0.717, 1.165) is 16.3 Å². The van der Waals surface area contributed by atoms with E-state index in [1.54, 1.807) is 23.3 Å². The molecule has 0 aliphatic rings. The Morgan fingerprint density at radius 1 is 1.04 bits per heavy atom. The Kier molecular flexibility index (Phi) is 5.86. The van der Waals surface area contributed by atoms with Crippen molar-refractivity contribution in [1.29, 1.82) is 0 Å². The van der Waals surface area contributed by atoms with Crippen LogP contribution in [0.3, 0.4) is 0 Å². The Morgan fingerprint density at radius 2 is 1.73 bits per heavy atom. The number of halogens is 1. The first-order valence-electron chi connectivity index (χ1n) is 8.01. The third kappa shape index (κ3) is 4.61. The third-order valence-corrected chi connectivity index (χ3v) is 4.62. The molecule has 2 aromatic carbocycles. The molecule has 0 aliphatic carbocycles. The van der Waals surface area contributed by atoms with Crippen molar-refractivity contribution in [3.8, 4) is 11.5 Å². The fraction of sp³-hybridized carbons (Fsp3) is 0.150. The number of methoxy groups -OCH3 is 1. The molecule has 0 bridgehead atoms. The number of carbonyl (C=O) groups is 1. The molecule has 0 atom stereocenters. The van der Waals surface area contributed by atoms with E-state index >= 15 is 0 Å². The fourth-order valence-electron chi connectivity index (χ4n) is 2.40. The van der Waals surface area contributed by atoms with Crippen LogP contribution >= 0.6 is 11.3 Å². The summed E-state index contributed by atoms with van der Waals surface area (Å²) in [5.74, 6) is 0.638. The number of carbonyl (C=O) groups excluding carboxylic acids is 1. The lowest BCUT2D eigenvalue weighted by molar-refractivity contribution is -0.120. The summed E-state index contributed by atoms with van der Waals surface area (Å²) in [6, 6.07) is 16.8. The molecule has 0 fully saturated rings. The highest BCUT2D eigenvalue weighted by molar-refractivity contribution is 7.09. The van der Waals surface area contributed by atoms with Gasteiger partial charge in [-0.05, 0) is 60.0 Å². The minimum Gasteiger partial charge on any atom is -0.497 e. The second-order valence-corrected chi connectivity index (χ2v) is 6.53. The first-order valence-corrected chi connectivity index (χ1v) is 8.89. The van der Waals surface area contributed by atoms with Gasteiger partial charge in [0.05, 0.1) is 13.7 Å². The Bertz CT molecular complexity index is 833. The SMILES string of the molecule is COc1ccc(N(Cc2cccs2)C(=O)COc2ccc(F)cc2)cc1. The standard InChI is InChI=1S/C20H18FNO3S/c1-24-17-10-6-16(7-11-17)22(13-19-3-2-12-26-19)20(23)14-25-18-8-4-15(21)5-9-18/h2-12H,13-14H2,1H3. The minimum absolute atomic E-state index is 0.136. The van der Waals surface area contributed by atoms with Crippen molar-refractivity contribution in [2.24, 2.45) is 0 Å². The van der Waals surface area contributed by atoms with Gasteiger partial charge in [-0.25, -0.2) is 4.39 Å². The molecule has 134 valence electrons. The highest BCUT2D eigenvalue weighted by Crippen LogP contribution is 2.23. The number of hydrogen-bond acceptors (Lipinski definition) is 4. The van der Waals surface area contributed by atoms with Crippen molar-refractivity contribution in [2.45, 2.75) is 6.54 Å². The highest BCUT2D eigenvalue weighted by Gasteiger charge is 2.18. The number of hydrogen-bond donors (Lipinski definition) is 0. The molecule has 0 spiro atoms. The number of anilines is 1. The molecule has 3 rings (SSSR count). The number of amides is 1. The first kappa shape index (κ1) is 17.9. The quantitative estimate of drug-likeness (QED) is 0.613.